The summed E-state index contributed by atoms with van der Waals surface area (Å²) in [5.41, 5.74) is -0.118. The molecule has 14 heavy (non-hydrogen) atoms. The lowest BCUT2D eigenvalue weighted by Crippen LogP contribution is -2.02. The second-order valence-corrected chi connectivity index (χ2v) is 2.76. The molecule has 0 atom stereocenters. The van der Waals surface area contributed by atoms with Crippen molar-refractivity contribution in [1.82, 2.24) is 4.98 Å². The molecule has 0 aliphatic rings. The lowest BCUT2D eigenvalue weighted by molar-refractivity contribution is 0.144. The number of nitrogens with zero attached hydrogens (tertiary/aromatic N) is 2. The van der Waals surface area contributed by atoms with Gasteiger partial charge in [-0.3, -0.25) is 0 Å². The molecule has 5 heteroatoms. The summed E-state index contributed by atoms with van der Waals surface area (Å²) in [5.74, 6) is 0. The van der Waals surface area contributed by atoms with Crippen molar-refractivity contribution in [3.05, 3.63) is 28.6 Å². The average Bonchev–Trinajstić information content (AvgIpc) is 2.16. The number of aliphatic hydroxyl groups excluding tert-OH is 1. The molecule has 1 aromatic rings. The Balaban J connectivity index is 3.37. The molecule has 0 saturated carbocycles. The number of aromatic nitrogens is 1. The summed E-state index contributed by atoms with van der Waals surface area (Å²) in [5, 5.41) is 17.4. The molecule has 0 amide bonds. The van der Waals surface area contributed by atoms with Crippen LogP contribution in [0.25, 0.3) is 0 Å². The summed E-state index contributed by atoms with van der Waals surface area (Å²) >= 11 is 0. The van der Waals surface area contributed by atoms with E-state index in [1.54, 1.807) is 6.07 Å². The van der Waals surface area contributed by atoms with Gasteiger partial charge in [0.25, 0.3) is 6.43 Å². The van der Waals surface area contributed by atoms with Crippen LogP contribution < -0.4 is 0 Å². The second-order valence-electron chi connectivity index (χ2n) is 2.76. The third-order valence-corrected chi connectivity index (χ3v) is 1.78. The molecular weight excluding hydrogens is 190 g/mol. The molecular formula is C9H8F2N2O. The van der Waals surface area contributed by atoms with Crippen molar-refractivity contribution in [2.45, 2.75) is 20.0 Å². The largest absolute Gasteiger partial charge is 0.390 e. The number of rotatable bonds is 2. The van der Waals surface area contributed by atoms with Crippen LogP contribution in [0.1, 0.15) is 28.9 Å². The number of halogens is 2. The highest BCUT2D eigenvalue weighted by atomic mass is 19.3. The van der Waals surface area contributed by atoms with Crippen molar-refractivity contribution in [1.29, 1.82) is 5.26 Å². The van der Waals surface area contributed by atoms with Crippen molar-refractivity contribution in [2.24, 2.45) is 0 Å². The Bertz CT molecular complexity index is 385. The van der Waals surface area contributed by atoms with Crippen LogP contribution in [0.15, 0.2) is 6.07 Å². The Kier molecular flexibility index (Phi) is 3.10. The first-order valence-electron chi connectivity index (χ1n) is 3.89. The molecule has 1 heterocycles. The lowest BCUT2D eigenvalue weighted by Gasteiger charge is -2.06. The van der Waals surface area contributed by atoms with E-state index in [1.807, 2.05) is 0 Å². The molecule has 0 aliphatic carbocycles. The molecule has 0 unspecified atom stereocenters. The highest BCUT2D eigenvalue weighted by molar-refractivity contribution is 5.41. The van der Waals surface area contributed by atoms with Crippen molar-refractivity contribution < 1.29 is 13.9 Å². The Morgan fingerprint density at radius 1 is 1.64 bits per heavy atom. The molecule has 0 fully saturated rings. The van der Waals surface area contributed by atoms with Gasteiger partial charge in [-0.25, -0.2) is 13.8 Å². The Hall–Kier alpha value is -1.54. The van der Waals surface area contributed by atoms with Crippen LogP contribution in [0.5, 0.6) is 0 Å². The summed E-state index contributed by atoms with van der Waals surface area (Å²) in [7, 11) is 0. The number of aliphatic hydroxyl groups is 1. The molecule has 1 aromatic heterocycles. The van der Waals surface area contributed by atoms with Gasteiger partial charge in [-0.05, 0) is 18.6 Å². The third kappa shape index (κ3) is 1.86. The van der Waals surface area contributed by atoms with Gasteiger partial charge in [-0.2, -0.15) is 5.26 Å². The van der Waals surface area contributed by atoms with Crippen LogP contribution in [0, 0.1) is 18.3 Å². The zero-order chi connectivity index (χ0) is 10.7. The van der Waals surface area contributed by atoms with Crippen molar-refractivity contribution in [3.8, 4) is 6.07 Å². The van der Waals surface area contributed by atoms with Crippen molar-refractivity contribution >= 4 is 0 Å². The minimum Gasteiger partial charge on any atom is -0.390 e. The molecule has 3 nitrogen and oxygen atoms in total. The summed E-state index contributed by atoms with van der Waals surface area (Å²) in [6, 6.07) is 3.09. The van der Waals surface area contributed by atoms with Gasteiger partial charge in [0, 0.05) is 0 Å². The maximum atomic E-state index is 12.4. The zero-order valence-electron chi connectivity index (χ0n) is 7.46. The zero-order valence-corrected chi connectivity index (χ0v) is 7.46. The van der Waals surface area contributed by atoms with Gasteiger partial charge in [-0.15, -0.1) is 0 Å². The van der Waals surface area contributed by atoms with Crippen LogP contribution in [-0.4, -0.2) is 10.1 Å². The molecule has 1 N–H and O–H groups in total. The van der Waals surface area contributed by atoms with Crippen LogP contribution in [0.2, 0.25) is 0 Å². The molecule has 0 bridgehead atoms. The molecule has 1 rings (SSSR count). The minimum absolute atomic E-state index is 0.114. The van der Waals surface area contributed by atoms with Crippen LogP contribution in [0.4, 0.5) is 8.78 Å². The molecule has 0 spiro atoms. The van der Waals surface area contributed by atoms with E-state index in [0.29, 0.717) is 5.56 Å². The Morgan fingerprint density at radius 2 is 2.29 bits per heavy atom. The average molecular weight is 198 g/mol. The summed E-state index contributed by atoms with van der Waals surface area (Å²) in [4.78, 5) is 3.50. The molecule has 0 aliphatic heterocycles. The quantitative estimate of drug-likeness (QED) is 0.786. The number of hydrogen-bond acceptors (Lipinski definition) is 3. The van der Waals surface area contributed by atoms with E-state index >= 15 is 0 Å². The van der Waals surface area contributed by atoms with Crippen LogP contribution in [-0.2, 0) is 6.61 Å². The molecule has 0 aromatic carbocycles. The fourth-order valence-electron chi connectivity index (χ4n) is 1.15. The van der Waals surface area contributed by atoms with Crippen LogP contribution in [0.3, 0.4) is 0 Å². The van der Waals surface area contributed by atoms with E-state index in [4.69, 9.17) is 10.4 Å². The smallest absolute Gasteiger partial charge is 0.281 e. The molecule has 0 radical (unpaired) electrons. The van der Waals surface area contributed by atoms with Crippen molar-refractivity contribution in [2.75, 3.05) is 0 Å². The third-order valence-electron chi connectivity index (χ3n) is 1.78. The molecule has 74 valence electrons. The predicted octanol–water partition coefficient (Wildman–Crippen LogP) is 1.69. The number of pyridine rings is 1. The van der Waals surface area contributed by atoms with Gasteiger partial charge in [-0.1, -0.05) is 0 Å². The maximum absolute atomic E-state index is 12.4. The normalized spacial score (nSPS) is 10.3. The van der Waals surface area contributed by atoms with E-state index in [0.717, 1.165) is 0 Å². The van der Waals surface area contributed by atoms with Gasteiger partial charge in [0.1, 0.15) is 11.8 Å². The first-order chi connectivity index (χ1) is 6.60. The first-order valence-corrected chi connectivity index (χ1v) is 3.89. The fraction of sp³-hybridized carbons (Fsp3) is 0.333. The van der Waals surface area contributed by atoms with Gasteiger partial charge < -0.3 is 5.11 Å². The second kappa shape index (κ2) is 4.11. The fourth-order valence-corrected chi connectivity index (χ4v) is 1.15. The van der Waals surface area contributed by atoms with E-state index in [2.05, 4.69) is 4.98 Å². The topological polar surface area (TPSA) is 56.9 Å². The standard InChI is InChI=1S/C9H8F2N2O/c1-5-2-6(4-14)13-8(9(10)11)7(5)3-12/h2,9,14H,4H2,1H3. The lowest BCUT2D eigenvalue weighted by atomic mass is 10.1. The number of aryl methyl sites for hydroxylation is 1. The number of hydrogen-bond donors (Lipinski definition) is 1. The van der Waals surface area contributed by atoms with Crippen LogP contribution >= 0.6 is 0 Å². The van der Waals surface area contributed by atoms with E-state index in [-0.39, 0.29) is 11.3 Å². The van der Waals surface area contributed by atoms with Crippen molar-refractivity contribution in [3.63, 3.8) is 0 Å². The minimum atomic E-state index is -2.80. The first kappa shape index (κ1) is 10.5. The van der Waals surface area contributed by atoms with E-state index in [1.165, 1.54) is 13.0 Å². The van der Waals surface area contributed by atoms with Gasteiger partial charge in [0.2, 0.25) is 0 Å². The predicted molar refractivity (Wildman–Crippen MR) is 44.6 cm³/mol. The van der Waals surface area contributed by atoms with E-state index in [9.17, 15) is 8.78 Å². The summed E-state index contributed by atoms with van der Waals surface area (Å²) in [6.45, 7) is 1.12. The highest BCUT2D eigenvalue weighted by Gasteiger charge is 2.17. The maximum Gasteiger partial charge on any atom is 0.281 e. The monoisotopic (exact) mass is 198 g/mol. The van der Waals surface area contributed by atoms with Gasteiger partial charge >= 0.3 is 0 Å². The Morgan fingerprint density at radius 3 is 2.71 bits per heavy atom. The summed E-state index contributed by atoms with van der Waals surface area (Å²) < 4.78 is 24.8. The SMILES string of the molecule is Cc1cc(CO)nc(C(F)F)c1C#N. The molecule has 0 saturated heterocycles. The highest BCUT2D eigenvalue weighted by Crippen LogP contribution is 2.23. The van der Waals surface area contributed by atoms with E-state index < -0.39 is 18.7 Å². The summed E-state index contributed by atoms with van der Waals surface area (Å²) in [6.07, 6.45) is -2.80. The van der Waals surface area contributed by atoms with Gasteiger partial charge in [0.15, 0.2) is 0 Å². The number of alkyl halides is 2. The Labute approximate surface area is 79.6 Å². The number of nitriles is 1. The van der Waals surface area contributed by atoms with Gasteiger partial charge in [0.05, 0.1) is 17.9 Å².